The van der Waals surface area contributed by atoms with Crippen LogP contribution in [-0.4, -0.2) is 19.0 Å². The van der Waals surface area contributed by atoms with E-state index in [2.05, 4.69) is 0 Å². The highest BCUT2D eigenvalue weighted by Gasteiger charge is 1.91. The van der Waals surface area contributed by atoms with Crippen molar-refractivity contribution >= 4 is 6.08 Å². The summed E-state index contributed by atoms with van der Waals surface area (Å²) in [6.45, 7) is 0. The van der Waals surface area contributed by atoms with Crippen LogP contribution in [0.25, 0.3) is 6.08 Å². The van der Waals surface area contributed by atoms with Crippen molar-refractivity contribution in [1.82, 2.24) is 4.90 Å². The van der Waals surface area contributed by atoms with E-state index in [0.29, 0.717) is 0 Å². The fourth-order valence-corrected chi connectivity index (χ4v) is 0.849. The second kappa shape index (κ2) is 3.81. The van der Waals surface area contributed by atoms with Crippen LogP contribution < -0.4 is 5.73 Å². The molecular formula is C10H14N2. The van der Waals surface area contributed by atoms with E-state index in [1.54, 1.807) is 0 Å². The van der Waals surface area contributed by atoms with Crippen LogP contribution in [0.4, 0.5) is 0 Å². The van der Waals surface area contributed by atoms with Gasteiger partial charge in [-0.25, -0.2) is 0 Å². The second-order valence-electron chi connectivity index (χ2n) is 2.87. The molecule has 0 fully saturated rings. The van der Waals surface area contributed by atoms with Gasteiger partial charge in [-0.1, -0.05) is 30.3 Å². The molecule has 1 aromatic carbocycles. The van der Waals surface area contributed by atoms with E-state index >= 15 is 0 Å². The van der Waals surface area contributed by atoms with Gasteiger partial charge in [-0.2, -0.15) is 0 Å². The molecule has 0 radical (unpaired) electrons. The molecule has 0 heterocycles. The highest BCUT2D eigenvalue weighted by molar-refractivity contribution is 5.51. The summed E-state index contributed by atoms with van der Waals surface area (Å²) in [6.07, 6.45) is 1.94. The summed E-state index contributed by atoms with van der Waals surface area (Å²) >= 11 is 0. The number of hydrogen-bond acceptors (Lipinski definition) is 2. The van der Waals surface area contributed by atoms with Crippen molar-refractivity contribution < 1.29 is 0 Å². The third kappa shape index (κ3) is 2.31. The van der Waals surface area contributed by atoms with Gasteiger partial charge in [0.1, 0.15) is 0 Å². The molecule has 0 aliphatic rings. The van der Waals surface area contributed by atoms with E-state index in [-0.39, 0.29) is 0 Å². The van der Waals surface area contributed by atoms with E-state index in [1.807, 2.05) is 55.4 Å². The lowest BCUT2D eigenvalue weighted by atomic mass is 10.2. The molecule has 2 heteroatoms. The number of nitrogens with zero attached hydrogens (tertiary/aromatic N) is 1. The zero-order valence-corrected chi connectivity index (χ0v) is 7.49. The minimum Gasteiger partial charge on any atom is -0.385 e. The average molecular weight is 162 g/mol. The van der Waals surface area contributed by atoms with E-state index in [4.69, 9.17) is 5.73 Å². The van der Waals surface area contributed by atoms with Crippen LogP contribution in [0, 0.1) is 0 Å². The fourth-order valence-electron chi connectivity index (χ4n) is 0.849. The summed E-state index contributed by atoms with van der Waals surface area (Å²) < 4.78 is 0. The molecule has 2 N–H and O–H groups in total. The molecule has 1 rings (SSSR count). The minimum atomic E-state index is 0.765. The Morgan fingerprint density at radius 2 is 1.83 bits per heavy atom. The average Bonchev–Trinajstić information content (AvgIpc) is 2.06. The lowest BCUT2D eigenvalue weighted by Crippen LogP contribution is -2.17. The van der Waals surface area contributed by atoms with E-state index in [9.17, 15) is 0 Å². The van der Waals surface area contributed by atoms with Gasteiger partial charge in [0.15, 0.2) is 0 Å². The fraction of sp³-hybridized carbons (Fsp3) is 0.200. The summed E-state index contributed by atoms with van der Waals surface area (Å²) in [6, 6.07) is 10.0. The van der Waals surface area contributed by atoms with E-state index < -0.39 is 0 Å². The Balaban J connectivity index is 2.81. The van der Waals surface area contributed by atoms with Crippen LogP contribution in [0.15, 0.2) is 36.2 Å². The van der Waals surface area contributed by atoms with E-state index in [1.165, 1.54) is 0 Å². The maximum absolute atomic E-state index is 5.74. The van der Waals surface area contributed by atoms with Crippen LogP contribution >= 0.6 is 0 Å². The second-order valence-corrected chi connectivity index (χ2v) is 2.87. The monoisotopic (exact) mass is 162 g/mol. The molecule has 0 spiro atoms. The Morgan fingerprint density at radius 1 is 1.25 bits per heavy atom. The van der Waals surface area contributed by atoms with Crippen molar-refractivity contribution in [3.8, 4) is 0 Å². The maximum atomic E-state index is 5.74. The molecule has 0 aliphatic heterocycles. The van der Waals surface area contributed by atoms with Crippen molar-refractivity contribution in [2.24, 2.45) is 5.73 Å². The van der Waals surface area contributed by atoms with Crippen molar-refractivity contribution in [1.29, 1.82) is 0 Å². The first-order chi connectivity index (χ1) is 5.70. The predicted molar refractivity (Wildman–Crippen MR) is 52.3 cm³/mol. The smallest absolute Gasteiger partial charge is 0.0987 e. The minimum absolute atomic E-state index is 0.765. The standard InChI is InChI=1S/C10H14N2/c1-12(2)10(11)8-9-6-4-3-5-7-9/h3-8H,11H2,1-2H3/b10-8+. The maximum Gasteiger partial charge on any atom is 0.0987 e. The Hall–Kier alpha value is -1.44. The summed E-state index contributed by atoms with van der Waals surface area (Å²) in [7, 11) is 3.85. The van der Waals surface area contributed by atoms with Crippen molar-refractivity contribution in [3.63, 3.8) is 0 Å². The Labute approximate surface area is 73.3 Å². The number of nitrogens with two attached hydrogens (primary N) is 1. The number of rotatable bonds is 2. The Kier molecular flexibility index (Phi) is 2.75. The van der Waals surface area contributed by atoms with Crippen LogP contribution in [0.1, 0.15) is 5.56 Å². The lowest BCUT2D eigenvalue weighted by molar-refractivity contribution is 0.511. The van der Waals surface area contributed by atoms with Gasteiger partial charge in [0.25, 0.3) is 0 Å². The third-order valence-corrected chi connectivity index (χ3v) is 1.63. The van der Waals surface area contributed by atoms with Crippen LogP contribution in [0.2, 0.25) is 0 Å². The molecule has 0 aromatic heterocycles. The quantitative estimate of drug-likeness (QED) is 0.714. The molecule has 0 amide bonds. The lowest BCUT2D eigenvalue weighted by Gasteiger charge is -2.11. The summed E-state index contributed by atoms with van der Waals surface area (Å²) in [5.41, 5.74) is 6.86. The predicted octanol–water partition coefficient (Wildman–Crippen LogP) is 1.51. The van der Waals surface area contributed by atoms with Crippen LogP contribution in [0.3, 0.4) is 0 Å². The van der Waals surface area contributed by atoms with Gasteiger partial charge >= 0.3 is 0 Å². The molecule has 0 aliphatic carbocycles. The molecule has 0 bridgehead atoms. The summed E-state index contributed by atoms with van der Waals surface area (Å²) in [4.78, 5) is 1.88. The molecule has 0 unspecified atom stereocenters. The van der Waals surface area contributed by atoms with Gasteiger partial charge in [-0.15, -0.1) is 0 Å². The van der Waals surface area contributed by atoms with Gasteiger partial charge in [0.2, 0.25) is 0 Å². The van der Waals surface area contributed by atoms with Crippen molar-refractivity contribution in [2.75, 3.05) is 14.1 Å². The normalized spacial score (nSPS) is 11.3. The molecule has 1 aromatic rings. The third-order valence-electron chi connectivity index (χ3n) is 1.63. The van der Waals surface area contributed by atoms with Crippen molar-refractivity contribution in [3.05, 3.63) is 41.7 Å². The molecule has 12 heavy (non-hydrogen) atoms. The zero-order chi connectivity index (χ0) is 8.97. The molecule has 2 nitrogen and oxygen atoms in total. The molecule has 64 valence electrons. The van der Waals surface area contributed by atoms with Gasteiger partial charge in [0, 0.05) is 14.1 Å². The zero-order valence-electron chi connectivity index (χ0n) is 7.49. The summed E-state index contributed by atoms with van der Waals surface area (Å²) in [5, 5.41) is 0. The number of hydrogen-bond donors (Lipinski definition) is 1. The number of benzene rings is 1. The molecule has 0 saturated heterocycles. The Bertz CT molecular complexity index is 262. The van der Waals surface area contributed by atoms with Gasteiger partial charge in [-0.05, 0) is 11.6 Å². The van der Waals surface area contributed by atoms with Crippen LogP contribution in [-0.2, 0) is 0 Å². The molecular weight excluding hydrogens is 148 g/mol. The Morgan fingerprint density at radius 3 is 2.33 bits per heavy atom. The topological polar surface area (TPSA) is 29.3 Å². The summed E-state index contributed by atoms with van der Waals surface area (Å²) in [5.74, 6) is 0.765. The molecule has 0 atom stereocenters. The molecule has 0 saturated carbocycles. The SMILES string of the molecule is CN(C)/C(N)=C/c1ccccc1. The first-order valence-electron chi connectivity index (χ1n) is 3.89. The highest BCUT2D eigenvalue weighted by atomic mass is 15.1. The van der Waals surface area contributed by atoms with E-state index in [0.717, 1.165) is 11.4 Å². The largest absolute Gasteiger partial charge is 0.385 e. The highest BCUT2D eigenvalue weighted by Crippen LogP contribution is 2.03. The van der Waals surface area contributed by atoms with Gasteiger partial charge in [0.05, 0.1) is 5.82 Å². The first kappa shape index (κ1) is 8.65. The van der Waals surface area contributed by atoms with Gasteiger partial charge < -0.3 is 10.6 Å². The van der Waals surface area contributed by atoms with Crippen molar-refractivity contribution in [2.45, 2.75) is 0 Å². The van der Waals surface area contributed by atoms with Gasteiger partial charge in [-0.3, -0.25) is 0 Å². The first-order valence-corrected chi connectivity index (χ1v) is 3.89. The van der Waals surface area contributed by atoms with Crippen LogP contribution in [0.5, 0.6) is 0 Å².